The van der Waals surface area contributed by atoms with E-state index in [2.05, 4.69) is 58.9 Å². The zero-order valence-corrected chi connectivity index (χ0v) is 15.5. The molecule has 0 radical (unpaired) electrons. The molecule has 132 valence electrons. The predicted molar refractivity (Wildman–Crippen MR) is 109 cm³/mol. The minimum atomic E-state index is -0.0864. The Kier molecular flexibility index (Phi) is 4.93. The van der Waals surface area contributed by atoms with Crippen LogP contribution in [-0.4, -0.2) is 22.7 Å². The van der Waals surface area contributed by atoms with Crippen molar-refractivity contribution in [3.05, 3.63) is 65.1 Å². The van der Waals surface area contributed by atoms with Crippen molar-refractivity contribution in [2.45, 2.75) is 25.8 Å². The van der Waals surface area contributed by atoms with Gasteiger partial charge in [-0.25, -0.2) is 9.97 Å². The number of aliphatic imine (C=N–C) groups is 1. The maximum absolute atomic E-state index is 4.78. The Morgan fingerprint density at radius 3 is 2.88 bits per heavy atom. The number of aryl methyl sites for hydroxylation is 2. The minimum Gasteiger partial charge on any atom is -0.375 e. The first-order valence-corrected chi connectivity index (χ1v) is 9.61. The highest BCUT2D eigenvalue weighted by atomic mass is 32.1. The highest BCUT2D eigenvalue weighted by Gasteiger charge is 2.17. The molecule has 1 aliphatic heterocycles. The average Bonchev–Trinajstić information content (AvgIpc) is 3.07. The van der Waals surface area contributed by atoms with E-state index in [4.69, 9.17) is 9.97 Å². The predicted octanol–water partition coefficient (Wildman–Crippen LogP) is 4.23. The molecular formula is C20H21N5S. The van der Waals surface area contributed by atoms with Gasteiger partial charge < -0.3 is 10.6 Å². The van der Waals surface area contributed by atoms with Crippen LogP contribution in [0, 0.1) is 6.92 Å². The molecule has 0 bridgehead atoms. The summed E-state index contributed by atoms with van der Waals surface area (Å²) in [4.78, 5) is 16.0. The molecule has 5 nitrogen and oxygen atoms in total. The Balaban J connectivity index is 1.51. The molecule has 2 aromatic heterocycles. The van der Waals surface area contributed by atoms with Gasteiger partial charge in [-0.3, -0.25) is 4.99 Å². The third-order valence-corrected chi connectivity index (χ3v) is 5.20. The van der Waals surface area contributed by atoms with Gasteiger partial charge in [0.2, 0.25) is 0 Å². The van der Waals surface area contributed by atoms with E-state index in [1.165, 1.54) is 10.4 Å². The molecule has 1 atom stereocenters. The normalized spacial score (nSPS) is 16.0. The number of rotatable bonds is 6. The van der Waals surface area contributed by atoms with Gasteiger partial charge in [-0.1, -0.05) is 30.3 Å². The van der Waals surface area contributed by atoms with Crippen molar-refractivity contribution in [2.75, 3.05) is 11.9 Å². The smallest absolute Gasteiger partial charge is 0.160 e. The van der Waals surface area contributed by atoms with Crippen LogP contribution >= 0.6 is 11.3 Å². The van der Waals surface area contributed by atoms with Gasteiger partial charge in [0.1, 0.15) is 16.7 Å². The first-order chi connectivity index (χ1) is 12.8. The van der Waals surface area contributed by atoms with E-state index >= 15 is 0 Å². The van der Waals surface area contributed by atoms with Crippen molar-refractivity contribution in [1.82, 2.24) is 15.3 Å². The van der Waals surface area contributed by atoms with Crippen molar-refractivity contribution in [3.8, 4) is 0 Å². The summed E-state index contributed by atoms with van der Waals surface area (Å²) in [6.07, 6.45) is 7.50. The molecule has 3 heterocycles. The highest BCUT2D eigenvalue weighted by molar-refractivity contribution is 7.18. The molecule has 2 N–H and O–H groups in total. The van der Waals surface area contributed by atoms with E-state index in [0.29, 0.717) is 0 Å². The van der Waals surface area contributed by atoms with Crippen molar-refractivity contribution in [2.24, 2.45) is 4.99 Å². The van der Waals surface area contributed by atoms with Crippen LogP contribution in [0.5, 0.6) is 0 Å². The number of aromatic nitrogens is 2. The second kappa shape index (κ2) is 7.66. The number of anilines is 1. The van der Waals surface area contributed by atoms with E-state index in [1.807, 2.05) is 12.4 Å². The number of hydrogen-bond acceptors (Lipinski definition) is 6. The second-order valence-corrected chi connectivity index (χ2v) is 7.52. The summed E-state index contributed by atoms with van der Waals surface area (Å²) in [6, 6.07) is 12.6. The van der Waals surface area contributed by atoms with Gasteiger partial charge in [0, 0.05) is 30.0 Å². The third-order valence-electron chi connectivity index (χ3n) is 4.26. The van der Waals surface area contributed by atoms with Crippen LogP contribution in [0.4, 0.5) is 5.82 Å². The SMILES string of the molecule is Cc1cc2c(NCCCc3ccccc3)nc(C3C=NC=CN3)nc2s1. The van der Waals surface area contributed by atoms with Crippen LogP contribution < -0.4 is 10.6 Å². The van der Waals surface area contributed by atoms with E-state index in [-0.39, 0.29) is 6.04 Å². The Hall–Kier alpha value is -2.73. The standard InChI is InChI=1S/C20H21N5S/c1-14-12-16-18(23-9-5-8-15-6-3-2-4-7-15)24-19(25-20(16)26-14)17-13-21-10-11-22-17/h2-4,6-7,10-13,17,22H,5,8-9H2,1H3,(H,23,24,25). The fraction of sp³-hybridized carbons (Fsp3) is 0.250. The maximum atomic E-state index is 4.78. The summed E-state index contributed by atoms with van der Waals surface area (Å²) in [6.45, 7) is 2.98. The fourth-order valence-corrected chi connectivity index (χ4v) is 3.87. The van der Waals surface area contributed by atoms with E-state index in [1.54, 1.807) is 17.5 Å². The lowest BCUT2D eigenvalue weighted by Crippen LogP contribution is -2.22. The Morgan fingerprint density at radius 2 is 2.08 bits per heavy atom. The Labute approximate surface area is 156 Å². The van der Waals surface area contributed by atoms with Crippen LogP contribution in [-0.2, 0) is 6.42 Å². The molecule has 26 heavy (non-hydrogen) atoms. The van der Waals surface area contributed by atoms with Crippen LogP contribution in [0.15, 0.2) is 53.8 Å². The van der Waals surface area contributed by atoms with Gasteiger partial charge in [0.05, 0.1) is 5.39 Å². The first-order valence-electron chi connectivity index (χ1n) is 8.80. The van der Waals surface area contributed by atoms with E-state index in [0.717, 1.165) is 41.2 Å². The summed E-state index contributed by atoms with van der Waals surface area (Å²) in [5.74, 6) is 1.66. The molecule has 0 fully saturated rings. The van der Waals surface area contributed by atoms with Gasteiger partial charge in [-0.15, -0.1) is 11.3 Å². The molecule has 1 unspecified atom stereocenters. The number of benzene rings is 1. The van der Waals surface area contributed by atoms with Crippen molar-refractivity contribution in [3.63, 3.8) is 0 Å². The number of nitrogens with one attached hydrogen (secondary N) is 2. The first kappa shape index (κ1) is 16.7. The summed E-state index contributed by atoms with van der Waals surface area (Å²) in [7, 11) is 0. The zero-order valence-electron chi connectivity index (χ0n) is 14.6. The quantitative estimate of drug-likeness (QED) is 0.643. The number of nitrogens with zero attached hydrogens (tertiary/aromatic N) is 3. The Morgan fingerprint density at radius 1 is 1.19 bits per heavy atom. The zero-order chi connectivity index (χ0) is 17.8. The lowest BCUT2D eigenvalue weighted by Gasteiger charge is -2.15. The Bertz CT molecular complexity index is 945. The number of thiophene rings is 1. The molecule has 0 aliphatic carbocycles. The molecular weight excluding hydrogens is 342 g/mol. The average molecular weight is 363 g/mol. The largest absolute Gasteiger partial charge is 0.375 e. The minimum absolute atomic E-state index is 0.0864. The summed E-state index contributed by atoms with van der Waals surface area (Å²) in [5.41, 5.74) is 1.36. The van der Waals surface area contributed by atoms with Crippen LogP contribution in [0.25, 0.3) is 10.2 Å². The molecule has 6 heteroatoms. The number of fused-ring (bicyclic) bond motifs is 1. The number of hydrogen-bond donors (Lipinski definition) is 2. The van der Waals surface area contributed by atoms with E-state index in [9.17, 15) is 0 Å². The third kappa shape index (κ3) is 3.75. The summed E-state index contributed by atoms with van der Waals surface area (Å²) in [5, 5.41) is 7.86. The van der Waals surface area contributed by atoms with Crippen molar-refractivity contribution in [1.29, 1.82) is 0 Å². The molecule has 0 saturated carbocycles. The highest BCUT2D eigenvalue weighted by Crippen LogP contribution is 2.29. The van der Waals surface area contributed by atoms with Gasteiger partial charge >= 0.3 is 0 Å². The van der Waals surface area contributed by atoms with Crippen LogP contribution in [0.2, 0.25) is 0 Å². The van der Waals surface area contributed by atoms with Crippen LogP contribution in [0.1, 0.15) is 28.7 Å². The molecule has 3 aromatic rings. The molecule has 1 aromatic carbocycles. The molecule has 0 spiro atoms. The van der Waals surface area contributed by atoms with Gasteiger partial charge in [-0.05, 0) is 31.4 Å². The fourth-order valence-electron chi connectivity index (χ4n) is 2.99. The molecule has 0 saturated heterocycles. The monoisotopic (exact) mass is 363 g/mol. The van der Waals surface area contributed by atoms with E-state index < -0.39 is 0 Å². The molecule has 1 aliphatic rings. The van der Waals surface area contributed by atoms with Gasteiger partial charge in [-0.2, -0.15) is 0 Å². The lowest BCUT2D eigenvalue weighted by molar-refractivity contribution is 0.738. The van der Waals surface area contributed by atoms with Crippen molar-refractivity contribution >= 4 is 33.6 Å². The van der Waals surface area contributed by atoms with Gasteiger partial charge in [0.25, 0.3) is 0 Å². The molecule has 0 amide bonds. The topological polar surface area (TPSA) is 62.2 Å². The summed E-state index contributed by atoms with van der Waals surface area (Å²) < 4.78 is 0. The van der Waals surface area contributed by atoms with Gasteiger partial charge in [0.15, 0.2) is 5.82 Å². The summed E-state index contributed by atoms with van der Waals surface area (Å²) >= 11 is 1.70. The van der Waals surface area contributed by atoms with Crippen molar-refractivity contribution < 1.29 is 0 Å². The second-order valence-electron chi connectivity index (χ2n) is 6.28. The lowest BCUT2D eigenvalue weighted by atomic mass is 10.1. The molecule has 4 rings (SSSR count). The van der Waals surface area contributed by atoms with Crippen LogP contribution in [0.3, 0.4) is 0 Å². The maximum Gasteiger partial charge on any atom is 0.160 e.